The van der Waals surface area contributed by atoms with Gasteiger partial charge in [0, 0.05) is 33.9 Å². The molecular formula is C25H21ClN6O5S2. The average molecular weight is 585 g/mol. The maximum atomic E-state index is 13.2. The fourth-order valence-corrected chi connectivity index (χ4v) is 6.12. The van der Waals surface area contributed by atoms with Gasteiger partial charge in [-0.3, -0.25) is 14.5 Å². The van der Waals surface area contributed by atoms with Crippen LogP contribution in [0, 0.1) is 0 Å². The number of β-lactam (4-membered cyclic amide) rings is 1. The molecule has 2 aliphatic rings. The summed E-state index contributed by atoms with van der Waals surface area (Å²) in [5, 5.41) is 20.4. The number of nitrogens with zero attached hydrogens (tertiary/aromatic N) is 4. The molecule has 39 heavy (non-hydrogen) atoms. The number of hydrogen-bond donors (Lipinski definition) is 2. The number of thiazole rings is 1. The lowest BCUT2D eigenvalue weighted by molar-refractivity contribution is -0.689. The van der Waals surface area contributed by atoms with Gasteiger partial charge in [0.1, 0.15) is 23.7 Å². The highest BCUT2D eigenvalue weighted by Crippen LogP contribution is 2.40. The number of nitrogen functional groups attached to an aromatic ring is 1. The number of halogens is 1. The number of fused-ring (bicyclic) bond motifs is 1. The molecule has 2 amide bonds. The van der Waals surface area contributed by atoms with Crippen LogP contribution in [0.1, 0.15) is 11.3 Å². The minimum atomic E-state index is -1.44. The third-order valence-electron chi connectivity index (χ3n) is 5.96. The van der Waals surface area contributed by atoms with Crippen molar-refractivity contribution in [1.82, 2.24) is 15.2 Å². The molecule has 2 aliphatic heterocycles. The fourth-order valence-electron chi connectivity index (χ4n) is 4.12. The van der Waals surface area contributed by atoms with Gasteiger partial charge in [0.15, 0.2) is 29.8 Å². The summed E-state index contributed by atoms with van der Waals surface area (Å²) >= 11 is 8.38. The molecule has 3 aromatic rings. The zero-order valence-corrected chi connectivity index (χ0v) is 22.5. The van der Waals surface area contributed by atoms with E-state index in [1.807, 2.05) is 22.8 Å². The summed E-state index contributed by atoms with van der Waals surface area (Å²) in [6.07, 6.45) is 3.61. The largest absolute Gasteiger partial charge is 0.543 e. The van der Waals surface area contributed by atoms with Gasteiger partial charge in [0.05, 0.1) is 11.7 Å². The predicted octanol–water partition coefficient (Wildman–Crippen LogP) is 0.691. The topological polar surface area (TPSA) is 154 Å². The van der Waals surface area contributed by atoms with Crippen molar-refractivity contribution in [2.24, 2.45) is 5.16 Å². The highest BCUT2D eigenvalue weighted by Gasteiger charge is 2.53. The number of hydrogen-bond acceptors (Lipinski definition) is 10. The van der Waals surface area contributed by atoms with E-state index in [2.05, 4.69) is 15.5 Å². The van der Waals surface area contributed by atoms with Crippen LogP contribution in [0.4, 0.5) is 5.13 Å². The molecule has 0 aliphatic carbocycles. The van der Waals surface area contributed by atoms with Crippen LogP contribution in [-0.2, 0) is 32.4 Å². The van der Waals surface area contributed by atoms with Gasteiger partial charge in [0.25, 0.3) is 11.8 Å². The highest BCUT2D eigenvalue weighted by molar-refractivity contribution is 8.00. The number of pyridine rings is 1. The lowest BCUT2D eigenvalue weighted by Gasteiger charge is -2.50. The number of rotatable bonds is 9. The van der Waals surface area contributed by atoms with Gasteiger partial charge < -0.3 is 25.8 Å². The summed E-state index contributed by atoms with van der Waals surface area (Å²) in [6, 6.07) is 11.4. The van der Waals surface area contributed by atoms with Gasteiger partial charge in [0.2, 0.25) is 0 Å². The Hall–Kier alpha value is -3.94. The molecule has 0 bridgehead atoms. The molecule has 11 nitrogen and oxygen atoms in total. The van der Waals surface area contributed by atoms with Crippen molar-refractivity contribution in [2.45, 2.75) is 24.6 Å². The number of thioether (sulfide) groups is 1. The number of carbonyl (C=O) groups is 3. The SMILES string of the molecule is Nc1nc(C(=NOCc2ccc(Cl)cc2)C(=O)NC2C(=O)N3C(C(=O)[O-])=C(C[n+]4ccccc4)CS[C@H]23)cs1. The number of anilines is 1. The summed E-state index contributed by atoms with van der Waals surface area (Å²) in [6.45, 7) is 0.349. The molecule has 1 saturated heterocycles. The van der Waals surface area contributed by atoms with Crippen LogP contribution in [0.15, 0.2) is 76.7 Å². The monoisotopic (exact) mass is 584 g/mol. The molecule has 4 heterocycles. The summed E-state index contributed by atoms with van der Waals surface area (Å²) in [4.78, 5) is 49.1. The van der Waals surface area contributed by atoms with Crippen molar-refractivity contribution in [2.75, 3.05) is 11.5 Å². The molecule has 1 unspecified atom stereocenters. The molecule has 2 aromatic heterocycles. The molecule has 0 spiro atoms. The van der Waals surface area contributed by atoms with E-state index in [-0.39, 0.29) is 35.4 Å². The first kappa shape index (κ1) is 26.7. The van der Waals surface area contributed by atoms with Crippen molar-refractivity contribution in [3.8, 4) is 0 Å². The third kappa shape index (κ3) is 5.75. The van der Waals surface area contributed by atoms with Gasteiger partial charge in [-0.05, 0) is 17.7 Å². The second-order valence-electron chi connectivity index (χ2n) is 8.56. The van der Waals surface area contributed by atoms with E-state index in [9.17, 15) is 19.5 Å². The predicted molar refractivity (Wildman–Crippen MR) is 143 cm³/mol. The summed E-state index contributed by atoms with van der Waals surface area (Å²) in [7, 11) is 0. The van der Waals surface area contributed by atoms with Crippen LogP contribution in [0.25, 0.3) is 0 Å². The van der Waals surface area contributed by atoms with Crippen molar-refractivity contribution < 1.29 is 28.9 Å². The molecule has 1 aromatic carbocycles. The van der Waals surface area contributed by atoms with Gasteiger partial charge in [-0.2, -0.15) is 0 Å². The average Bonchev–Trinajstić information content (AvgIpc) is 3.36. The fraction of sp³-hybridized carbons (Fsp3) is 0.200. The van der Waals surface area contributed by atoms with Gasteiger partial charge >= 0.3 is 0 Å². The minimum absolute atomic E-state index is 0.0597. The number of benzene rings is 1. The second-order valence-corrected chi connectivity index (χ2v) is 11.0. The third-order valence-corrected chi connectivity index (χ3v) is 8.22. The second kappa shape index (κ2) is 11.4. The zero-order valence-electron chi connectivity index (χ0n) is 20.2. The maximum Gasteiger partial charge on any atom is 0.276 e. The Balaban J connectivity index is 1.32. The maximum absolute atomic E-state index is 13.2. The molecule has 0 radical (unpaired) electrons. The lowest BCUT2D eigenvalue weighted by atomic mass is 10.0. The van der Waals surface area contributed by atoms with Crippen LogP contribution in [0.5, 0.6) is 0 Å². The van der Waals surface area contributed by atoms with Crippen molar-refractivity contribution >= 4 is 63.3 Å². The molecule has 0 saturated carbocycles. The number of nitrogens with one attached hydrogen (secondary N) is 1. The van der Waals surface area contributed by atoms with E-state index in [1.54, 1.807) is 42.0 Å². The number of oxime groups is 1. The number of nitrogens with two attached hydrogens (primary N) is 1. The van der Waals surface area contributed by atoms with Crippen molar-refractivity contribution in [3.05, 3.63) is 87.8 Å². The number of aromatic nitrogens is 2. The van der Waals surface area contributed by atoms with Gasteiger partial charge in [-0.1, -0.05) is 35.0 Å². The molecule has 14 heteroatoms. The van der Waals surface area contributed by atoms with Crippen LogP contribution >= 0.6 is 34.7 Å². The van der Waals surface area contributed by atoms with Gasteiger partial charge in [-0.25, -0.2) is 9.55 Å². The quantitative estimate of drug-likeness (QED) is 0.161. The highest BCUT2D eigenvalue weighted by atomic mass is 35.5. The van der Waals surface area contributed by atoms with E-state index >= 15 is 0 Å². The number of carboxylic acid groups (broad SMARTS) is 1. The first-order chi connectivity index (χ1) is 18.8. The molecule has 200 valence electrons. The molecule has 3 N–H and O–H groups in total. The number of amides is 2. The molecule has 1 fully saturated rings. The van der Waals surface area contributed by atoms with E-state index < -0.39 is 29.2 Å². The first-order valence-corrected chi connectivity index (χ1v) is 13.9. The molecular weight excluding hydrogens is 564 g/mol. The number of aliphatic carboxylic acids is 1. The Labute approximate surface area is 235 Å². The smallest absolute Gasteiger partial charge is 0.276 e. The summed E-state index contributed by atoms with van der Waals surface area (Å²) < 4.78 is 1.81. The van der Waals surface area contributed by atoms with Crippen molar-refractivity contribution in [1.29, 1.82) is 0 Å². The Bertz CT molecular complexity index is 1480. The van der Waals surface area contributed by atoms with Crippen molar-refractivity contribution in [3.63, 3.8) is 0 Å². The van der Waals surface area contributed by atoms with Crippen LogP contribution in [0.2, 0.25) is 5.02 Å². The Morgan fingerprint density at radius 2 is 2.00 bits per heavy atom. The van der Waals surface area contributed by atoms with Gasteiger partial charge in [-0.15, -0.1) is 23.1 Å². The van der Waals surface area contributed by atoms with E-state index in [1.165, 1.54) is 16.7 Å². The number of carbonyl (C=O) groups excluding carboxylic acids is 3. The summed E-state index contributed by atoms with van der Waals surface area (Å²) in [5.41, 5.74) is 6.91. The standard InChI is InChI=1S/C25H21ClN6O5S2/c26-16-6-4-14(5-7-16)11-37-30-18(17-13-39-25(27)28-17)21(33)29-19-22(34)32-20(24(35)36)15(12-38-23(19)32)10-31-8-2-1-3-9-31/h1-9,13,19,23H,10-12H2,(H3-,27,28,29,33,35,36)/t19?,23-/m1/s1. The Morgan fingerprint density at radius 1 is 1.26 bits per heavy atom. The van der Waals surface area contributed by atoms with Crippen LogP contribution < -0.4 is 20.7 Å². The zero-order chi connectivity index (χ0) is 27.5. The Kier molecular flexibility index (Phi) is 7.82. The first-order valence-electron chi connectivity index (χ1n) is 11.6. The lowest BCUT2D eigenvalue weighted by Crippen LogP contribution is -2.71. The molecule has 2 atom stereocenters. The van der Waals surface area contributed by atoms with Crippen LogP contribution in [0.3, 0.4) is 0 Å². The van der Waals surface area contributed by atoms with Crippen LogP contribution in [-0.4, -0.2) is 50.5 Å². The summed E-state index contributed by atoms with van der Waals surface area (Å²) in [5.74, 6) is -2.37. The molecule has 5 rings (SSSR count). The van der Waals surface area contributed by atoms with E-state index in [0.29, 0.717) is 16.3 Å². The Morgan fingerprint density at radius 3 is 2.67 bits per heavy atom. The minimum Gasteiger partial charge on any atom is -0.543 e. The normalized spacial score (nSPS) is 18.8. The van der Waals surface area contributed by atoms with E-state index in [0.717, 1.165) is 16.9 Å². The number of carboxylic acids is 1. The van der Waals surface area contributed by atoms with E-state index in [4.69, 9.17) is 22.2 Å².